The van der Waals surface area contributed by atoms with Gasteiger partial charge in [0.1, 0.15) is 0 Å². The van der Waals surface area contributed by atoms with Gasteiger partial charge >= 0.3 is 5.97 Å². The molecule has 10 nitrogen and oxygen atoms in total. The lowest BCUT2D eigenvalue weighted by atomic mass is 10.1. The van der Waals surface area contributed by atoms with Crippen LogP contribution < -0.4 is 10.6 Å². The van der Waals surface area contributed by atoms with Crippen LogP contribution in [-0.2, 0) is 33.4 Å². The molecular formula is C22H39N2O8. The molecule has 0 unspecified atom stereocenters. The second-order valence-electron chi connectivity index (χ2n) is 7.20. The molecule has 1 radical (unpaired) electrons. The van der Waals surface area contributed by atoms with Crippen LogP contribution in [0.2, 0.25) is 0 Å². The van der Waals surface area contributed by atoms with Gasteiger partial charge in [-0.2, -0.15) is 0 Å². The summed E-state index contributed by atoms with van der Waals surface area (Å²) in [5, 5.41) is 14.1. The minimum atomic E-state index is -0.773. The minimum absolute atomic E-state index is 0.0190. The van der Waals surface area contributed by atoms with Crippen LogP contribution in [0.3, 0.4) is 0 Å². The summed E-state index contributed by atoms with van der Waals surface area (Å²) in [4.78, 5) is 43.3. The highest BCUT2D eigenvalue weighted by atomic mass is 16.5. The zero-order valence-corrected chi connectivity index (χ0v) is 19.0. The number of aliphatic carboxylic acids is 1. The van der Waals surface area contributed by atoms with Gasteiger partial charge in [-0.3, -0.25) is 19.2 Å². The lowest BCUT2D eigenvalue weighted by Gasteiger charge is -2.08. The van der Waals surface area contributed by atoms with Crippen LogP contribution in [0.4, 0.5) is 0 Å². The van der Waals surface area contributed by atoms with Crippen molar-refractivity contribution < 1.29 is 38.5 Å². The van der Waals surface area contributed by atoms with E-state index in [4.69, 9.17) is 19.3 Å². The Labute approximate surface area is 190 Å². The normalized spacial score (nSPS) is 10.6. The summed E-state index contributed by atoms with van der Waals surface area (Å²) in [6.07, 6.45) is 7.23. The van der Waals surface area contributed by atoms with E-state index >= 15 is 0 Å². The highest BCUT2D eigenvalue weighted by Crippen LogP contribution is 2.05. The van der Waals surface area contributed by atoms with Crippen molar-refractivity contribution in [2.75, 3.05) is 52.7 Å². The number of hydrogen-bond acceptors (Lipinski definition) is 7. The van der Waals surface area contributed by atoms with Crippen LogP contribution in [0, 0.1) is 0 Å². The van der Waals surface area contributed by atoms with Crippen molar-refractivity contribution in [2.45, 2.75) is 64.2 Å². The van der Waals surface area contributed by atoms with Gasteiger partial charge in [0.05, 0.1) is 26.4 Å². The third-order valence-electron chi connectivity index (χ3n) is 4.32. The monoisotopic (exact) mass is 459 g/mol. The Morgan fingerprint density at radius 3 is 1.59 bits per heavy atom. The standard InChI is InChI=1S/C22H39N2O8/c25-13-5-9-21(27)24-12-7-15-31-17-19-32-18-16-30-14-6-11-23-20(26)8-3-1-2-4-10-22(28)29/h1-12,14-19H2,(H,23,26)(H,24,27)(H,28,29). The zero-order valence-electron chi connectivity index (χ0n) is 19.0. The Bertz CT molecular complexity index is 502. The Morgan fingerprint density at radius 1 is 0.625 bits per heavy atom. The van der Waals surface area contributed by atoms with Gasteiger partial charge in [0.2, 0.25) is 11.8 Å². The van der Waals surface area contributed by atoms with Crippen LogP contribution in [0.15, 0.2) is 0 Å². The van der Waals surface area contributed by atoms with E-state index in [9.17, 15) is 19.2 Å². The molecule has 10 heteroatoms. The summed E-state index contributed by atoms with van der Waals surface area (Å²) < 4.78 is 16.2. The van der Waals surface area contributed by atoms with Gasteiger partial charge in [-0.15, -0.1) is 0 Å². The molecule has 0 rings (SSSR count). The zero-order chi connectivity index (χ0) is 23.7. The Balaban J connectivity index is 3.20. The summed E-state index contributed by atoms with van der Waals surface area (Å²) in [5.41, 5.74) is 0. The van der Waals surface area contributed by atoms with Gasteiger partial charge in [0.15, 0.2) is 6.29 Å². The fourth-order valence-corrected chi connectivity index (χ4v) is 2.60. The van der Waals surface area contributed by atoms with E-state index in [0.717, 1.165) is 25.7 Å². The third-order valence-corrected chi connectivity index (χ3v) is 4.32. The molecule has 0 aliphatic carbocycles. The van der Waals surface area contributed by atoms with Crippen molar-refractivity contribution in [3.63, 3.8) is 0 Å². The summed E-state index contributed by atoms with van der Waals surface area (Å²) in [6.45, 7) is 4.05. The maximum atomic E-state index is 11.7. The molecule has 0 aromatic carbocycles. The van der Waals surface area contributed by atoms with Crippen LogP contribution >= 0.6 is 0 Å². The highest BCUT2D eigenvalue weighted by molar-refractivity contribution is 5.78. The van der Waals surface area contributed by atoms with Crippen molar-refractivity contribution in [3.05, 3.63) is 0 Å². The molecule has 0 atom stereocenters. The summed E-state index contributed by atoms with van der Waals surface area (Å²) >= 11 is 0. The number of unbranched alkanes of at least 4 members (excludes halogenated alkanes) is 3. The van der Waals surface area contributed by atoms with Gasteiger partial charge in [0.25, 0.3) is 0 Å². The van der Waals surface area contributed by atoms with E-state index in [0.29, 0.717) is 72.0 Å². The lowest BCUT2D eigenvalue weighted by Crippen LogP contribution is -2.25. The number of carbonyl (C=O) groups is 3. The molecule has 3 N–H and O–H groups in total. The van der Waals surface area contributed by atoms with Crippen LogP contribution in [0.5, 0.6) is 0 Å². The first kappa shape index (κ1) is 30.0. The number of carboxylic acid groups (broad SMARTS) is 1. The molecule has 0 spiro atoms. The Hall–Kier alpha value is -2.04. The molecule has 0 aromatic rings. The molecule has 0 saturated carbocycles. The van der Waals surface area contributed by atoms with Crippen molar-refractivity contribution >= 4 is 24.1 Å². The predicted octanol–water partition coefficient (Wildman–Crippen LogP) is 1.36. The second-order valence-corrected chi connectivity index (χ2v) is 7.20. The molecule has 0 fully saturated rings. The first-order valence-electron chi connectivity index (χ1n) is 11.4. The minimum Gasteiger partial charge on any atom is -0.481 e. The fourth-order valence-electron chi connectivity index (χ4n) is 2.60. The largest absolute Gasteiger partial charge is 0.481 e. The molecule has 185 valence electrons. The molecule has 0 bridgehead atoms. The number of hydrogen-bond donors (Lipinski definition) is 3. The van der Waals surface area contributed by atoms with Crippen LogP contribution in [0.1, 0.15) is 64.2 Å². The number of rotatable bonds is 24. The lowest BCUT2D eigenvalue weighted by molar-refractivity contribution is -0.137. The van der Waals surface area contributed by atoms with E-state index in [1.54, 1.807) is 6.29 Å². The molecule has 2 amide bonds. The van der Waals surface area contributed by atoms with Crippen LogP contribution in [-0.4, -0.2) is 81.9 Å². The third kappa shape index (κ3) is 24.2. The Kier molecular flexibility index (Phi) is 22.1. The highest BCUT2D eigenvalue weighted by Gasteiger charge is 2.02. The molecule has 0 aliphatic heterocycles. The van der Waals surface area contributed by atoms with Crippen molar-refractivity contribution in [3.8, 4) is 0 Å². The van der Waals surface area contributed by atoms with Gasteiger partial charge in [-0.1, -0.05) is 12.8 Å². The number of ether oxygens (including phenoxy) is 3. The average molecular weight is 460 g/mol. The molecule has 0 saturated heterocycles. The number of nitrogens with one attached hydrogen (secondary N) is 2. The maximum Gasteiger partial charge on any atom is 0.303 e. The number of carbonyl (C=O) groups excluding carboxylic acids is 3. The maximum absolute atomic E-state index is 11.7. The van der Waals surface area contributed by atoms with Crippen molar-refractivity contribution in [1.29, 1.82) is 0 Å². The topological polar surface area (TPSA) is 140 Å². The quantitative estimate of drug-likeness (QED) is 0.184. The van der Waals surface area contributed by atoms with Crippen molar-refractivity contribution in [2.24, 2.45) is 0 Å². The molecule has 0 aromatic heterocycles. The molecule has 32 heavy (non-hydrogen) atoms. The van der Waals surface area contributed by atoms with E-state index < -0.39 is 5.97 Å². The van der Waals surface area contributed by atoms with E-state index in [1.165, 1.54) is 0 Å². The van der Waals surface area contributed by atoms with Gasteiger partial charge < -0.3 is 30.0 Å². The van der Waals surface area contributed by atoms with Gasteiger partial charge in [-0.05, 0) is 25.7 Å². The average Bonchev–Trinajstić information content (AvgIpc) is 2.77. The molecule has 0 heterocycles. The fraction of sp³-hybridized carbons (Fsp3) is 0.818. The van der Waals surface area contributed by atoms with Gasteiger partial charge in [0, 0.05) is 52.0 Å². The first-order valence-corrected chi connectivity index (χ1v) is 11.4. The van der Waals surface area contributed by atoms with E-state index in [1.807, 2.05) is 0 Å². The number of amides is 2. The van der Waals surface area contributed by atoms with Crippen LogP contribution in [0.25, 0.3) is 0 Å². The number of carboxylic acids is 1. The summed E-state index contributed by atoms with van der Waals surface area (Å²) in [6, 6.07) is 0. The van der Waals surface area contributed by atoms with Gasteiger partial charge in [-0.25, -0.2) is 0 Å². The predicted molar refractivity (Wildman–Crippen MR) is 118 cm³/mol. The first-order chi connectivity index (χ1) is 15.6. The second kappa shape index (κ2) is 23.6. The van der Waals surface area contributed by atoms with E-state index in [2.05, 4.69) is 10.6 Å². The van der Waals surface area contributed by atoms with E-state index in [-0.39, 0.29) is 31.1 Å². The SMILES string of the molecule is O=[C]CCC(=O)NCCCOCCOCCOCCCNC(=O)CCCCCCC(=O)O. The summed E-state index contributed by atoms with van der Waals surface area (Å²) in [7, 11) is 0. The molecular weight excluding hydrogens is 420 g/mol. The summed E-state index contributed by atoms with van der Waals surface area (Å²) in [5.74, 6) is -0.907. The molecule has 0 aliphatic rings. The Morgan fingerprint density at radius 2 is 1.09 bits per heavy atom. The van der Waals surface area contributed by atoms with Crippen molar-refractivity contribution in [1.82, 2.24) is 10.6 Å². The smallest absolute Gasteiger partial charge is 0.303 e.